The number of ether oxygens (including phenoxy) is 2. The molecule has 2 N–H and O–H groups in total. The molecule has 1 aromatic heterocycles. The third-order valence-corrected chi connectivity index (χ3v) is 4.01. The van der Waals surface area contributed by atoms with Gasteiger partial charge in [-0.1, -0.05) is 23.7 Å². The van der Waals surface area contributed by atoms with Crippen molar-refractivity contribution in [3.8, 4) is 11.5 Å². The van der Waals surface area contributed by atoms with Crippen molar-refractivity contribution in [3.63, 3.8) is 0 Å². The van der Waals surface area contributed by atoms with Crippen LogP contribution in [0.25, 0.3) is 0 Å². The summed E-state index contributed by atoms with van der Waals surface area (Å²) in [5, 5.41) is 7.10. The smallest absolute Gasteiger partial charge is 0.191 e. The summed E-state index contributed by atoms with van der Waals surface area (Å²) in [6.45, 7) is 6.67. The number of guanidine groups is 1. The lowest BCUT2D eigenvalue weighted by atomic mass is 10.2. The maximum atomic E-state index is 5.81. The second kappa shape index (κ2) is 11.3. The molecular formula is C20H27ClN4O2. The average Bonchev–Trinajstić information content (AvgIpc) is 2.68. The van der Waals surface area contributed by atoms with Crippen molar-refractivity contribution in [1.82, 2.24) is 15.6 Å². The van der Waals surface area contributed by atoms with Crippen LogP contribution in [0.2, 0.25) is 5.15 Å². The number of hydrogen-bond acceptors (Lipinski definition) is 4. The van der Waals surface area contributed by atoms with Gasteiger partial charge in [0.15, 0.2) is 17.5 Å². The molecule has 2 rings (SSSR count). The third kappa shape index (κ3) is 6.98. The molecule has 0 aliphatic rings. The number of nitrogens with one attached hydrogen (secondary N) is 2. The highest BCUT2D eigenvalue weighted by molar-refractivity contribution is 6.29. The summed E-state index contributed by atoms with van der Waals surface area (Å²) >= 11 is 5.81. The largest absolute Gasteiger partial charge is 0.493 e. The third-order valence-electron chi connectivity index (χ3n) is 3.79. The van der Waals surface area contributed by atoms with Crippen LogP contribution in [-0.4, -0.2) is 37.7 Å². The summed E-state index contributed by atoms with van der Waals surface area (Å²) in [5.41, 5.74) is 2.18. The van der Waals surface area contributed by atoms with Gasteiger partial charge in [-0.3, -0.25) is 0 Å². The summed E-state index contributed by atoms with van der Waals surface area (Å²) < 4.78 is 10.9. The fraction of sp³-hybridized carbons (Fsp3) is 0.400. The molecule has 146 valence electrons. The number of rotatable bonds is 9. The van der Waals surface area contributed by atoms with Crippen LogP contribution >= 0.6 is 11.6 Å². The Balaban J connectivity index is 1.95. The zero-order chi connectivity index (χ0) is 19.5. The zero-order valence-corrected chi connectivity index (χ0v) is 16.8. The quantitative estimate of drug-likeness (QED) is 0.390. The van der Waals surface area contributed by atoms with E-state index in [9.17, 15) is 0 Å². The monoisotopic (exact) mass is 390 g/mol. The number of pyridine rings is 1. The number of aliphatic imine (C=N–C) groups is 1. The van der Waals surface area contributed by atoms with Gasteiger partial charge in [-0.25, -0.2) is 9.98 Å². The Hall–Kier alpha value is -2.47. The summed E-state index contributed by atoms with van der Waals surface area (Å²) in [5.74, 6) is 2.24. The van der Waals surface area contributed by atoms with E-state index in [1.54, 1.807) is 19.4 Å². The summed E-state index contributed by atoms with van der Waals surface area (Å²) in [4.78, 5) is 8.74. The molecule has 0 unspecified atom stereocenters. The van der Waals surface area contributed by atoms with Gasteiger partial charge in [-0.2, -0.15) is 0 Å². The van der Waals surface area contributed by atoms with Gasteiger partial charge >= 0.3 is 0 Å². The summed E-state index contributed by atoms with van der Waals surface area (Å²) in [7, 11) is 1.64. The van der Waals surface area contributed by atoms with Gasteiger partial charge in [0.05, 0.1) is 20.3 Å². The lowest BCUT2D eigenvalue weighted by Crippen LogP contribution is -2.38. The molecule has 0 spiro atoms. The van der Waals surface area contributed by atoms with Crippen LogP contribution < -0.4 is 20.1 Å². The van der Waals surface area contributed by atoms with E-state index in [1.165, 1.54) is 0 Å². The Morgan fingerprint density at radius 1 is 1.11 bits per heavy atom. The standard InChI is InChI=1S/C20H27ClN4O2/c1-4-22-20(23-11-10-15-7-9-19(21)24-13-15)25-14-16-6-8-17(26-3)18(12-16)27-5-2/h6-9,12-13H,4-5,10-11,14H2,1-3H3,(H2,22,23,25). The minimum absolute atomic E-state index is 0.507. The molecule has 7 heteroatoms. The molecule has 27 heavy (non-hydrogen) atoms. The maximum absolute atomic E-state index is 5.81. The second-order valence-corrected chi connectivity index (χ2v) is 6.17. The molecule has 0 radical (unpaired) electrons. The van der Waals surface area contributed by atoms with Gasteiger partial charge in [0, 0.05) is 19.3 Å². The van der Waals surface area contributed by atoms with E-state index in [-0.39, 0.29) is 0 Å². The van der Waals surface area contributed by atoms with Gasteiger partial charge in [0.25, 0.3) is 0 Å². The summed E-state index contributed by atoms with van der Waals surface area (Å²) in [6, 6.07) is 9.65. The van der Waals surface area contributed by atoms with E-state index in [2.05, 4.69) is 20.6 Å². The van der Waals surface area contributed by atoms with Gasteiger partial charge in [0.1, 0.15) is 5.15 Å². The number of aromatic nitrogens is 1. The number of hydrogen-bond donors (Lipinski definition) is 2. The molecule has 0 amide bonds. The van der Waals surface area contributed by atoms with Crippen LogP contribution in [0.4, 0.5) is 0 Å². The van der Waals surface area contributed by atoms with Crippen LogP contribution in [-0.2, 0) is 13.0 Å². The Bertz CT molecular complexity index is 735. The molecule has 0 bridgehead atoms. The van der Waals surface area contributed by atoms with Crippen molar-refractivity contribution in [2.75, 3.05) is 26.8 Å². The topological polar surface area (TPSA) is 67.8 Å². The molecule has 1 aromatic carbocycles. The van der Waals surface area contributed by atoms with E-state index in [0.717, 1.165) is 48.1 Å². The SMILES string of the molecule is CCNC(=NCc1ccc(OC)c(OCC)c1)NCCc1ccc(Cl)nc1. The minimum atomic E-state index is 0.507. The lowest BCUT2D eigenvalue weighted by Gasteiger charge is -2.12. The number of halogens is 1. The lowest BCUT2D eigenvalue weighted by molar-refractivity contribution is 0.310. The first-order valence-electron chi connectivity index (χ1n) is 9.08. The van der Waals surface area contributed by atoms with Crippen molar-refractivity contribution in [2.24, 2.45) is 4.99 Å². The van der Waals surface area contributed by atoms with E-state index in [4.69, 9.17) is 21.1 Å². The van der Waals surface area contributed by atoms with E-state index < -0.39 is 0 Å². The second-order valence-electron chi connectivity index (χ2n) is 5.78. The maximum Gasteiger partial charge on any atom is 0.191 e. The van der Waals surface area contributed by atoms with Crippen LogP contribution in [0.15, 0.2) is 41.5 Å². The molecule has 0 fully saturated rings. The molecule has 0 aliphatic carbocycles. The Morgan fingerprint density at radius 3 is 2.59 bits per heavy atom. The van der Waals surface area contributed by atoms with Gasteiger partial charge in [0.2, 0.25) is 0 Å². The number of benzene rings is 1. The Kier molecular flexibility index (Phi) is 8.71. The van der Waals surface area contributed by atoms with Crippen LogP contribution in [0.1, 0.15) is 25.0 Å². The minimum Gasteiger partial charge on any atom is -0.493 e. The van der Waals surface area contributed by atoms with E-state index in [1.807, 2.05) is 38.1 Å². The van der Waals surface area contributed by atoms with Crippen LogP contribution in [0, 0.1) is 0 Å². The first-order chi connectivity index (χ1) is 13.2. The number of methoxy groups -OCH3 is 1. The average molecular weight is 391 g/mol. The van der Waals surface area contributed by atoms with Crippen LogP contribution in [0.3, 0.4) is 0 Å². The molecule has 2 aromatic rings. The molecular weight excluding hydrogens is 364 g/mol. The van der Waals surface area contributed by atoms with Crippen molar-refractivity contribution in [2.45, 2.75) is 26.8 Å². The highest BCUT2D eigenvalue weighted by Gasteiger charge is 2.05. The summed E-state index contributed by atoms with van der Waals surface area (Å²) in [6.07, 6.45) is 2.63. The molecule has 1 heterocycles. The molecule has 0 saturated heterocycles. The zero-order valence-electron chi connectivity index (χ0n) is 16.1. The Labute approximate surface area is 166 Å². The first-order valence-corrected chi connectivity index (χ1v) is 9.46. The fourth-order valence-electron chi connectivity index (χ4n) is 2.48. The molecule has 0 saturated carbocycles. The predicted molar refractivity (Wildman–Crippen MR) is 110 cm³/mol. The van der Waals surface area contributed by atoms with E-state index >= 15 is 0 Å². The van der Waals surface area contributed by atoms with Gasteiger partial charge < -0.3 is 20.1 Å². The number of nitrogens with zero attached hydrogens (tertiary/aromatic N) is 2. The highest BCUT2D eigenvalue weighted by Crippen LogP contribution is 2.28. The van der Waals surface area contributed by atoms with E-state index in [0.29, 0.717) is 18.3 Å². The first kappa shape index (κ1) is 20.8. The van der Waals surface area contributed by atoms with Crippen molar-refractivity contribution < 1.29 is 9.47 Å². The van der Waals surface area contributed by atoms with Gasteiger partial charge in [-0.05, 0) is 49.6 Å². The van der Waals surface area contributed by atoms with Crippen molar-refractivity contribution >= 4 is 17.6 Å². The highest BCUT2D eigenvalue weighted by atomic mass is 35.5. The predicted octanol–water partition coefficient (Wildman–Crippen LogP) is 3.44. The molecule has 6 nitrogen and oxygen atoms in total. The van der Waals surface area contributed by atoms with Gasteiger partial charge in [-0.15, -0.1) is 0 Å². The molecule has 0 atom stereocenters. The normalized spacial score (nSPS) is 11.2. The Morgan fingerprint density at radius 2 is 1.93 bits per heavy atom. The van der Waals surface area contributed by atoms with Crippen LogP contribution in [0.5, 0.6) is 11.5 Å². The fourth-order valence-corrected chi connectivity index (χ4v) is 2.59. The van der Waals surface area contributed by atoms with Crippen molar-refractivity contribution in [3.05, 3.63) is 52.8 Å². The molecule has 0 aliphatic heterocycles. The van der Waals surface area contributed by atoms with Crippen molar-refractivity contribution in [1.29, 1.82) is 0 Å².